The summed E-state index contributed by atoms with van der Waals surface area (Å²) in [5.41, 5.74) is 9.94. The first-order valence-electron chi connectivity index (χ1n) is 20.9. The predicted octanol–water partition coefficient (Wildman–Crippen LogP) is 16.3. The number of nitrogens with zero attached hydrogens (tertiary/aromatic N) is 3. The first kappa shape index (κ1) is 34.9. The van der Waals surface area contributed by atoms with Gasteiger partial charge in [-0.25, -0.2) is 0 Å². The quantitative estimate of drug-likeness (QED) is 0.149. The van der Waals surface area contributed by atoms with Crippen LogP contribution < -0.4 is 9.80 Å². The Morgan fingerprint density at radius 3 is 1.10 bits per heavy atom. The lowest BCUT2D eigenvalue weighted by Gasteiger charge is -2.28. The van der Waals surface area contributed by atoms with Crippen LogP contribution in [0.15, 0.2) is 237 Å². The fourth-order valence-electron chi connectivity index (χ4n) is 9.56. The van der Waals surface area contributed by atoms with Crippen molar-refractivity contribution < 1.29 is 0 Å². The van der Waals surface area contributed by atoms with Crippen LogP contribution in [0.3, 0.4) is 0 Å². The van der Waals surface area contributed by atoms with Crippen LogP contribution >= 0.6 is 0 Å². The number of benzene rings is 11. The average Bonchev–Trinajstić information content (AvgIpc) is 3.68. The minimum absolute atomic E-state index is 1.09. The topological polar surface area (TPSA) is 11.4 Å². The van der Waals surface area contributed by atoms with Gasteiger partial charge in [0.05, 0.1) is 22.4 Å². The molecule has 0 unspecified atom stereocenters. The van der Waals surface area contributed by atoms with E-state index in [2.05, 4.69) is 251 Å². The van der Waals surface area contributed by atoms with E-state index in [1.807, 2.05) is 0 Å². The number of fused-ring (bicyclic) bond motifs is 9. The van der Waals surface area contributed by atoms with Crippen LogP contribution in [0.2, 0.25) is 0 Å². The zero-order chi connectivity index (χ0) is 40.3. The van der Waals surface area contributed by atoms with Crippen molar-refractivity contribution in [3.05, 3.63) is 237 Å². The SMILES string of the molecule is c1ccc(N(c2ccc3c(ccc4ccccc43)c2)c2cccc3c4cccc(N(c5ccccc5)c5ccc6c(ccc7ccccc76)c5)c4n(-c4ccccc4)c23)cc1. The molecule has 0 bridgehead atoms. The van der Waals surface area contributed by atoms with Gasteiger partial charge in [0, 0.05) is 39.2 Å². The number of para-hydroxylation sites is 5. The van der Waals surface area contributed by atoms with E-state index in [9.17, 15) is 0 Å². The Morgan fingerprint density at radius 2 is 0.623 bits per heavy atom. The van der Waals surface area contributed by atoms with Gasteiger partial charge in [-0.05, 0) is 116 Å². The van der Waals surface area contributed by atoms with E-state index in [1.165, 1.54) is 53.9 Å². The molecule has 0 radical (unpaired) electrons. The van der Waals surface area contributed by atoms with Crippen LogP contribution in [0.4, 0.5) is 34.1 Å². The van der Waals surface area contributed by atoms with Crippen molar-refractivity contribution in [1.29, 1.82) is 0 Å². The molecule has 61 heavy (non-hydrogen) atoms. The number of rotatable bonds is 7. The summed E-state index contributed by atoms with van der Waals surface area (Å²) in [6.07, 6.45) is 0. The maximum atomic E-state index is 2.49. The zero-order valence-electron chi connectivity index (χ0n) is 33.4. The molecule has 0 N–H and O–H groups in total. The molecule has 0 saturated carbocycles. The fourth-order valence-corrected chi connectivity index (χ4v) is 9.56. The van der Waals surface area contributed by atoms with Crippen LogP contribution in [-0.2, 0) is 0 Å². The van der Waals surface area contributed by atoms with Crippen LogP contribution in [-0.4, -0.2) is 4.57 Å². The second-order valence-electron chi connectivity index (χ2n) is 15.7. The van der Waals surface area contributed by atoms with Gasteiger partial charge in [-0.2, -0.15) is 0 Å². The largest absolute Gasteiger partial charge is 0.308 e. The molecule has 3 heteroatoms. The van der Waals surface area contributed by atoms with Gasteiger partial charge < -0.3 is 14.4 Å². The van der Waals surface area contributed by atoms with E-state index in [0.717, 1.165) is 50.8 Å². The first-order chi connectivity index (χ1) is 30.3. The minimum Gasteiger partial charge on any atom is -0.308 e. The first-order valence-corrected chi connectivity index (χ1v) is 20.9. The Balaban J connectivity index is 1.15. The Labute approximate surface area is 354 Å². The molecule has 0 aliphatic heterocycles. The molecule has 0 saturated heterocycles. The van der Waals surface area contributed by atoms with Gasteiger partial charge in [-0.1, -0.05) is 164 Å². The molecule has 1 heterocycles. The van der Waals surface area contributed by atoms with E-state index in [0.29, 0.717) is 0 Å². The summed E-state index contributed by atoms with van der Waals surface area (Å²) < 4.78 is 2.49. The third-order valence-corrected chi connectivity index (χ3v) is 12.3. The molecule has 0 fully saturated rings. The molecule has 1 aromatic heterocycles. The van der Waals surface area contributed by atoms with Gasteiger partial charge in [0.1, 0.15) is 0 Å². The van der Waals surface area contributed by atoms with Gasteiger partial charge in [0.2, 0.25) is 0 Å². The van der Waals surface area contributed by atoms with E-state index in [-0.39, 0.29) is 0 Å². The van der Waals surface area contributed by atoms with Crippen molar-refractivity contribution in [3.63, 3.8) is 0 Å². The van der Waals surface area contributed by atoms with Crippen LogP contribution in [0.25, 0.3) is 70.6 Å². The second kappa shape index (κ2) is 14.3. The van der Waals surface area contributed by atoms with Crippen molar-refractivity contribution in [2.45, 2.75) is 0 Å². The summed E-state index contributed by atoms with van der Waals surface area (Å²) in [5.74, 6) is 0. The summed E-state index contributed by atoms with van der Waals surface area (Å²) in [7, 11) is 0. The smallest absolute Gasteiger partial charge is 0.0783 e. The third kappa shape index (κ3) is 5.74. The van der Waals surface area contributed by atoms with Gasteiger partial charge in [0.25, 0.3) is 0 Å². The van der Waals surface area contributed by atoms with Gasteiger partial charge in [-0.15, -0.1) is 0 Å². The molecule has 0 amide bonds. The van der Waals surface area contributed by atoms with E-state index >= 15 is 0 Å². The minimum atomic E-state index is 1.09. The molecule has 0 aliphatic rings. The summed E-state index contributed by atoms with van der Waals surface area (Å²) in [6, 6.07) is 86.1. The second-order valence-corrected chi connectivity index (χ2v) is 15.7. The highest BCUT2D eigenvalue weighted by molar-refractivity contribution is 6.19. The number of hydrogen-bond donors (Lipinski definition) is 0. The van der Waals surface area contributed by atoms with Gasteiger partial charge >= 0.3 is 0 Å². The van der Waals surface area contributed by atoms with E-state index in [4.69, 9.17) is 0 Å². The predicted molar refractivity (Wildman–Crippen MR) is 260 cm³/mol. The van der Waals surface area contributed by atoms with Crippen LogP contribution in [0.1, 0.15) is 0 Å². The zero-order valence-corrected chi connectivity index (χ0v) is 33.4. The monoisotopic (exact) mass is 777 g/mol. The molecule has 3 nitrogen and oxygen atoms in total. The number of aromatic nitrogens is 1. The van der Waals surface area contributed by atoms with Gasteiger partial charge in [0.15, 0.2) is 0 Å². The van der Waals surface area contributed by atoms with Crippen molar-refractivity contribution in [3.8, 4) is 5.69 Å². The summed E-state index contributed by atoms with van der Waals surface area (Å²) >= 11 is 0. The highest BCUT2D eigenvalue weighted by Crippen LogP contribution is 2.48. The van der Waals surface area contributed by atoms with E-state index in [1.54, 1.807) is 0 Å². The molecule has 12 rings (SSSR count). The molecule has 0 aliphatic carbocycles. The number of hydrogen-bond acceptors (Lipinski definition) is 2. The lowest BCUT2D eigenvalue weighted by Crippen LogP contribution is -2.13. The van der Waals surface area contributed by atoms with Crippen molar-refractivity contribution >= 4 is 99.0 Å². The van der Waals surface area contributed by atoms with Gasteiger partial charge in [-0.3, -0.25) is 0 Å². The Kier molecular flexibility index (Phi) is 8.17. The highest BCUT2D eigenvalue weighted by Gasteiger charge is 2.25. The number of anilines is 6. The Morgan fingerprint density at radius 1 is 0.246 bits per heavy atom. The lowest BCUT2D eigenvalue weighted by molar-refractivity contribution is 1.16. The average molecular weight is 778 g/mol. The maximum absolute atomic E-state index is 2.49. The van der Waals surface area contributed by atoms with E-state index < -0.39 is 0 Å². The lowest BCUT2D eigenvalue weighted by atomic mass is 10.0. The maximum Gasteiger partial charge on any atom is 0.0783 e. The third-order valence-electron chi connectivity index (χ3n) is 12.3. The summed E-state index contributed by atoms with van der Waals surface area (Å²) in [6.45, 7) is 0. The molecule has 0 atom stereocenters. The normalized spacial score (nSPS) is 11.6. The van der Waals surface area contributed by atoms with Crippen molar-refractivity contribution in [1.82, 2.24) is 4.57 Å². The molecule has 12 aromatic rings. The highest BCUT2D eigenvalue weighted by atomic mass is 15.2. The molecular weight excluding hydrogens is 739 g/mol. The fraction of sp³-hybridized carbons (Fsp3) is 0. The summed E-state index contributed by atoms with van der Waals surface area (Å²) in [5, 5.41) is 12.3. The standard InChI is InChI=1S/C58H39N3/c1-4-18-44(19-5-1)59(47-34-36-51-42(38-47)32-30-40-16-10-12-24-49(40)51)55-28-14-26-53-54-27-15-29-56(58(54)61(57(53)55)46-22-8-3-9-23-46)60(45-20-6-2-7-21-45)48-35-37-52-43(39-48)33-31-41-17-11-13-25-50(41)52/h1-39H. The Bertz CT molecular complexity index is 3370. The van der Waals surface area contributed by atoms with Crippen molar-refractivity contribution in [2.24, 2.45) is 0 Å². The van der Waals surface area contributed by atoms with Crippen molar-refractivity contribution in [2.75, 3.05) is 9.80 Å². The molecule has 286 valence electrons. The molecular formula is C58H39N3. The van der Waals surface area contributed by atoms with Crippen LogP contribution in [0.5, 0.6) is 0 Å². The van der Waals surface area contributed by atoms with Crippen LogP contribution in [0, 0.1) is 0 Å². The molecule has 11 aromatic carbocycles. The summed E-state index contributed by atoms with van der Waals surface area (Å²) in [4.78, 5) is 4.86. The Hall–Kier alpha value is -8.14. The molecule has 0 spiro atoms.